The van der Waals surface area contributed by atoms with E-state index in [4.69, 9.17) is 11.5 Å². The van der Waals surface area contributed by atoms with E-state index in [1.165, 1.54) is 0 Å². The zero-order chi connectivity index (χ0) is 13.8. The van der Waals surface area contributed by atoms with E-state index in [0.717, 1.165) is 10.9 Å². The normalized spacial score (nSPS) is 10.5. The largest absolute Gasteiger partial charge is 0.399 e. The summed E-state index contributed by atoms with van der Waals surface area (Å²) in [5.41, 5.74) is 12.7. The number of nitrogens with one attached hydrogen (secondary N) is 2. The zero-order valence-electron chi connectivity index (χ0n) is 10.4. The number of carbonyl (C=O) groups excluding carboxylic acids is 2. The topological polar surface area (TPSA) is 114 Å². The molecular weight excluding hydrogens is 244 g/mol. The molecule has 0 unspecified atom stereocenters. The van der Waals surface area contributed by atoms with Crippen LogP contribution in [0, 0.1) is 0 Å². The van der Waals surface area contributed by atoms with Crippen LogP contribution in [-0.4, -0.2) is 23.3 Å². The van der Waals surface area contributed by atoms with Gasteiger partial charge in [-0.1, -0.05) is 0 Å². The molecule has 100 valence electrons. The maximum absolute atomic E-state index is 12.0. The fourth-order valence-corrected chi connectivity index (χ4v) is 1.89. The molecule has 0 saturated carbocycles. The number of anilines is 1. The highest BCUT2D eigenvalue weighted by Gasteiger charge is 2.11. The van der Waals surface area contributed by atoms with Gasteiger partial charge in [0.15, 0.2) is 0 Å². The number of aromatic nitrogens is 1. The number of carbonyl (C=O) groups is 2. The molecule has 0 aliphatic rings. The number of H-pyrrole nitrogens is 1. The van der Waals surface area contributed by atoms with Gasteiger partial charge in [-0.25, -0.2) is 0 Å². The van der Waals surface area contributed by atoms with Crippen LogP contribution in [0.15, 0.2) is 24.4 Å². The van der Waals surface area contributed by atoms with E-state index < -0.39 is 0 Å². The molecule has 0 aliphatic heterocycles. The minimum absolute atomic E-state index is 0.180. The second kappa shape index (κ2) is 5.43. The van der Waals surface area contributed by atoms with Gasteiger partial charge in [-0.15, -0.1) is 0 Å². The molecule has 0 saturated heterocycles. The van der Waals surface area contributed by atoms with Crippen LogP contribution in [0.1, 0.15) is 23.2 Å². The standard InChI is InChI=1S/C13H16N4O2/c14-8-3-4-9-10(7-17-11(9)6-8)13(19)16-5-1-2-12(15)18/h3-4,6-7,17H,1-2,5,14H2,(H2,15,18)(H,16,19). The van der Waals surface area contributed by atoms with Crippen molar-refractivity contribution in [2.45, 2.75) is 12.8 Å². The SMILES string of the molecule is NC(=O)CCCNC(=O)c1c[nH]c2cc(N)ccc12. The summed E-state index contributed by atoms with van der Waals surface area (Å²) in [7, 11) is 0. The van der Waals surface area contributed by atoms with Gasteiger partial charge < -0.3 is 21.8 Å². The van der Waals surface area contributed by atoms with Crippen LogP contribution in [0.4, 0.5) is 5.69 Å². The van der Waals surface area contributed by atoms with Crippen molar-refractivity contribution in [2.24, 2.45) is 5.73 Å². The quantitative estimate of drug-likeness (QED) is 0.469. The van der Waals surface area contributed by atoms with E-state index in [1.807, 2.05) is 0 Å². The number of hydrogen-bond donors (Lipinski definition) is 4. The average Bonchev–Trinajstić information content (AvgIpc) is 2.77. The minimum Gasteiger partial charge on any atom is -0.399 e. The Morgan fingerprint density at radius 2 is 2.11 bits per heavy atom. The minimum atomic E-state index is -0.364. The predicted octanol–water partition coefficient (Wildman–Crippen LogP) is 0.745. The summed E-state index contributed by atoms with van der Waals surface area (Å²) < 4.78 is 0. The Labute approximate surface area is 110 Å². The smallest absolute Gasteiger partial charge is 0.253 e. The molecule has 0 radical (unpaired) electrons. The van der Waals surface area contributed by atoms with Crippen LogP contribution in [0.2, 0.25) is 0 Å². The summed E-state index contributed by atoms with van der Waals surface area (Å²) in [6.07, 6.45) is 2.45. The van der Waals surface area contributed by atoms with E-state index >= 15 is 0 Å². The van der Waals surface area contributed by atoms with Crippen LogP contribution >= 0.6 is 0 Å². The molecule has 0 aliphatic carbocycles. The van der Waals surface area contributed by atoms with Gasteiger partial charge in [0.05, 0.1) is 5.56 Å². The first-order valence-electron chi connectivity index (χ1n) is 6.01. The number of hydrogen-bond acceptors (Lipinski definition) is 3. The summed E-state index contributed by atoms with van der Waals surface area (Å²) in [6, 6.07) is 5.33. The van der Waals surface area contributed by atoms with E-state index in [1.54, 1.807) is 24.4 Å². The third-order valence-corrected chi connectivity index (χ3v) is 2.84. The number of fused-ring (bicyclic) bond motifs is 1. The number of amides is 2. The molecule has 1 aromatic carbocycles. The number of nitrogens with two attached hydrogens (primary N) is 2. The molecule has 2 aromatic rings. The molecule has 0 atom stereocenters. The number of rotatable bonds is 5. The third kappa shape index (κ3) is 3.04. The lowest BCUT2D eigenvalue weighted by Crippen LogP contribution is -2.25. The van der Waals surface area contributed by atoms with E-state index in [0.29, 0.717) is 24.2 Å². The van der Waals surface area contributed by atoms with Crippen molar-refractivity contribution in [3.05, 3.63) is 30.0 Å². The van der Waals surface area contributed by atoms with Gasteiger partial charge in [0.25, 0.3) is 5.91 Å². The number of benzene rings is 1. The monoisotopic (exact) mass is 260 g/mol. The van der Waals surface area contributed by atoms with Gasteiger partial charge >= 0.3 is 0 Å². The second-order valence-electron chi connectivity index (χ2n) is 4.33. The molecule has 1 aromatic heterocycles. The van der Waals surface area contributed by atoms with Crippen molar-refractivity contribution in [2.75, 3.05) is 12.3 Å². The van der Waals surface area contributed by atoms with Crippen LogP contribution in [0.25, 0.3) is 10.9 Å². The third-order valence-electron chi connectivity index (χ3n) is 2.84. The molecule has 0 spiro atoms. The molecule has 2 rings (SSSR count). The van der Waals surface area contributed by atoms with Crippen LogP contribution < -0.4 is 16.8 Å². The molecule has 6 nitrogen and oxygen atoms in total. The Morgan fingerprint density at radius 3 is 2.84 bits per heavy atom. The Bertz CT molecular complexity index is 618. The van der Waals surface area contributed by atoms with Gasteiger partial charge in [-0.3, -0.25) is 9.59 Å². The number of nitrogen functional groups attached to an aromatic ring is 1. The fourth-order valence-electron chi connectivity index (χ4n) is 1.89. The summed E-state index contributed by atoms with van der Waals surface area (Å²) in [6.45, 7) is 0.420. The van der Waals surface area contributed by atoms with E-state index in [2.05, 4.69) is 10.3 Å². The lowest BCUT2D eigenvalue weighted by molar-refractivity contribution is -0.118. The summed E-state index contributed by atoms with van der Waals surface area (Å²) >= 11 is 0. The first kappa shape index (κ1) is 12.9. The molecular formula is C13H16N4O2. The van der Waals surface area contributed by atoms with Crippen molar-refractivity contribution >= 4 is 28.4 Å². The molecule has 0 fully saturated rings. The van der Waals surface area contributed by atoms with Gasteiger partial charge in [0.1, 0.15) is 0 Å². The molecule has 0 bridgehead atoms. The molecule has 1 heterocycles. The maximum atomic E-state index is 12.0. The van der Waals surface area contributed by atoms with Crippen molar-refractivity contribution < 1.29 is 9.59 Å². The summed E-state index contributed by atoms with van der Waals surface area (Å²) in [5.74, 6) is -0.544. The van der Waals surface area contributed by atoms with Crippen molar-refractivity contribution in [3.63, 3.8) is 0 Å². The summed E-state index contributed by atoms with van der Waals surface area (Å²) in [4.78, 5) is 25.5. The Hall–Kier alpha value is -2.50. The number of primary amides is 1. The molecule has 2 amide bonds. The highest BCUT2D eigenvalue weighted by atomic mass is 16.2. The Morgan fingerprint density at radius 1 is 1.32 bits per heavy atom. The first-order chi connectivity index (χ1) is 9.08. The predicted molar refractivity (Wildman–Crippen MR) is 73.5 cm³/mol. The Kier molecular flexibility index (Phi) is 3.70. The van der Waals surface area contributed by atoms with E-state index in [-0.39, 0.29) is 18.2 Å². The molecule has 6 heteroatoms. The number of aromatic amines is 1. The van der Waals surface area contributed by atoms with Crippen LogP contribution in [0.3, 0.4) is 0 Å². The highest BCUT2D eigenvalue weighted by Crippen LogP contribution is 2.20. The second-order valence-corrected chi connectivity index (χ2v) is 4.33. The van der Waals surface area contributed by atoms with Crippen molar-refractivity contribution in [1.29, 1.82) is 0 Å². The Balaban J connectivity index is 2.03. The zero-order valence-corrected chi connectivity index (χ0v) is 10.4. The van der Waals surface area contributed by atoms with Crippen LogP contribution in [-0.2, 0) is 4.79 Å². The van der Waals surface area contributed by atoms with Gasteiger partial charge in [-0.05, 0) is 24.6 Å². The molecule has 6 N–H and O–H groups in total. The van der Waals surface area contributed by atoms with Crippen molar-refractivity contribution in [1.82, 2.24) is 10.3 Å². The molecule has 19 heavy (non-hydrogen) atoms. The average molecular weight is 260 g/mol. The lowest BCUT2D eigenvalue weighted by Gasteiger charge is -2.03. The highest BCUT2D eigenvalue weighted by molar-refractivity contribution is 6.07. The maximum Gasteiger partial charge on any atom is 0.253 e. The van der Waals surface area contributed by atoms with Gasteiger partial charge in [0, 0.05) is 35.8 Å². The van der Waals surface area contributed by atoms with Crippen LogP contribution in [0.5, 0.6) is 0 Å². The first-order valence-corrected chi connectivity index (χ1v) is 6.01. The summed E-state index contributed by atoms with van der Waals surface area (Å²) in [5, 5.41) is 3.57. The van der Waals surface area contributed by atoms with Crippen molar-refractivity contribution in [3.8, 4) is 0 Å². The fraction of sp³-hybridized carbons (Fsp3) is 0.231. The van der Waals surface area contributed by atoms with Gasteiger partial charge in [0.2, 0.25) is 5.91 Å². The van der Waals surface area contributed by atoms with E-state index in [9.17, 15) is 9.59 Å². The van der Waals surface area contributed by atoms with Gasteiger partial charge in [-0.2, -0.15) is 0 Å². The lowest BCUT2D eigenvalue weighted by atomic mass is 10.1.